The minimum Gasteiger partial charge on any atom is -0.479 e. The highest BCUT2D eigenvalue weighted by Crippen LogP contribution is 2.61. The maximum atomic E-state index is 12.3. The average molecular weight is 277 g/mol. The minimum absolute atomic E-state index is 0.0256. The number of rotatable bonds is 3. The summed E-state index contributed by atoms with van der Waals surface area (Å²) in [7, 11) is 0. The van der Waals surface area contributed by atoms with Gasteiger partial charge in [0.25, 0.3) is 0 Å². The van der Waals surface area contributed by atoms with E-state index in [-0.39, 0.29) is 23.8 Å². The molecule has 0 aromatic heterocycles. The van der Waals surface area contributed by atoms with E-state index < -0.39 is 11.5 Å². The highest BCUT2D eigenvalue weighted by atomic mass is 16.4. The van der Waals surface area contributed by atoms with Crippen LogP contribution in [0.1, 0.15) is 51.9 Å². The van der Waals surface area contributed by atoms with E-state index in [0.29, 0.717) is 0 Å². The van der Waals surface area contributed by atoms with E-state index in [0.717, 1.165) is 50.4 Å². The maximum Gasteiger partial charge on any atom is 0.330 e. The fraction of sp³-hybridized carbons (Fsp3) is 0.875. The number of carboxylic acid groups (broad SMARTS) is 1. The summed E-state index contributed by atoms with van der Waals surface area (Å²) < 4.78 is 0. The molecule has 1 N–H and O–H groups in total. The lowest BCUT2D eigenvalue weighted by atomic mass is 9.48. The maximum absolute atomic E-state index is 12.3. The van der Waals surface area contributed by atoms with Crippen molar-refractivity contribution in [3.63, 3.8) is 0 Å². The first-order valence-corrected chi connectivity index (χ1v) is 8.06. The summed E-state index contributed by atoms with van der Waals surface area (Å²) in [6.45, 7) is 1.56. The van der Waals surface area contributed by atoms with Gasteiger partial charge in [-0.1, -0.05) is 0 Å². The Morgan fingerprint density at radius 2 is 1.50 bits per heavy atom. The zero-order valence-electron chi connectivity index (χ0n) is 12.0. The number of carbonyl (C=O) groups excluding carboxylic acids is 1. The third-order valence-electron chi connectivity index (χ3n) is 6.38. The van der Waals surface area contributed by atoms with Gasteiger partial charge in [0, 0.05) is 13.0 Å². The summed E-state index contributed by atoms with van der Waals surface area (Å²) in [6.07, 6.45) is 7.37. The second-order valence-electron chi connectivity index (χ2n) is 7.56. The first-order chi connectivity index (χ1) is 9.53. The number of amides is 1. The monoisotopic (exact) mass is 277 g/mol. The Hall–Kier alpha value is -1.06. The van der Waals surface area contributed by atoms with Crippen LogP contribution >= 0.6 is 0 Å². The lowest BCUT2D eigenvalue weighted by Crippen LogP contribution is -2.71. The molecule has 4 nitrogen and oxygen atoms in total. The summed E-state index contributed by atoms with van der Waals surface area (Å²) in [4.78, 5) is 26.3. The molecule has 5 aliphatic carbocycles. The average Bonchev–Trinajstić information content (AvgIpc) is 3.15. The molecule has 0 saturated heterocycles. The third kappa shape index (κ3) is 1.48. The van der Waals surface area contributed by atoms with Gasteiger partial charge in [-0.2, -0.15) is 0 Å². The Labute approximate surface area is 119 Å². The Kier molecular flexibility index (Phi) is 2.52. The first kappa shape index (κ1) is 12.7. The van der Waals surface area contributed by atoms with Gasteiger partial charge >= 0.3 is 5.97 Å². The molecule has 0 aromatic carbocycles. The molecule has 5 fully saturated rings. The van der Waals surface area contributed by atoms with Gasteiger partial charge in [-0.15, -0.1) is 0 Å². The standard InChI is InChI=1S/C16H23NO3/c1-9(18)17(14-2-3-14)16(15(19)20)12-5-10-4-11(7-12)8-13(16)6-10/h10-14H,2-8H2,1H3,(H,19,20). The number of carbonyl (C=O) groups is 2. The molecule has 5 rings (SSSR count). The molecular formula is C16H23NO3. The summed E-state index contributed by atoms with van der Waals surface area (Å²) in [5.74, 6) is 1.08. The fourth-order valence-corrected chi connectivity index (χ4v) is 5.90. The van der Waals surface area contributed by atoms with Crippen molar-refractivity contribution in [3.05, 3.63) is 0 Å². The van der Waals surface area contributed by atoms with Crippen LogP contribution in [0.4, 0.5) is 0 Å². The molecule has 0 aromatic rings. The first-order valence-electron chi connectivity index (χ1n) is 8.06. The van der Waals surface area contributed by atoms with E-state index in [1.54, 1.807) is 6.92 Å². The third-order valence-corrected chi connectivity index (χ3v) is 6.38. The molecule has 0 spiro atoms. The van der Waals surface area contributed by atoms with E-state index in [9.17, 15) is 14.7 Å². The molecule has 0 aliphatic heterocycles. The van der Waals surface area contributed by atoms with Crippen molar-refractivity contribution < 1.29 is 14.7 Å². The van der Waals surface area contributed by atoms with Gasteiger partial charge in [0.1, 0.15) is 5.54 Å². The number of carboxylic acids is 1. The molecule has 5 saturated carbocycles. The van der Waals surface area contributed by atoms with Crippen LogP contribution in [-0.4, -0.2) is 33.5 Å². The Morgan fingerprint density at radius 3 is 1.85 bits per heavy atom. The SMILES string of the molecule is CC(=O)N(C1CC1)C1(C(=O)O)C2CC3CC(C2)CC1C3. The van der Waals surface area contributed by atoms with Crippen molar-refractivity contribution in [2.24, 2.45) is 23.7 Å². The second kappa shape index (κ2) is 3.99. The number of aliphatic carboxylic acids is 1. The van der Waals surface area contributed by atoms with Crippen molar-refractivity contribution in [3.8, 4) is 0 Å². The lowest BCUT2D eigenvalue weighted by Gasteiger charge is -2.62. The zero-order chi connectivity index (χ0) is 14.1. The predicted molar refractivity (Wildman–Crippen MR) is 73.0 cm³/mol. The quantitative estimate of drug-likeness (QED) is 0.861. The van der Waals surface area contributed by atoms with Crippen LogP contribution in [0.2, 0.25) is 0 Å². The fourth-order valence-electron chi connectivity index (χ4n) is 5.90. The van der Waals surface area contributed by atoms with Crippen molar-refractivity contribution in [2.75, 3.05) is 0 Å². The Morgan fingerprint density at radius 1 is 1.00 bits per heavy atom. The van der Waals surface area contributed by atoms with Gasteiger partial charge in [-0.05, 0) is 68.6 Å². The number of hydrogen-bond acceptors (Lipinski definition) is 2. The van der Waals surface area contributed by atoms with Crippen LogP contribution in [-0.2, 0) is 9.59 Å². The highest BCUT2D eigenvalue weighted by molar-refractivity contribution is 5.87. The summed E-state index contributed by atoms with van der Waals surface area (Å²) in [5.41, 5.74) is -0.875. The van der Waals surface area contributed by atoms with Crippen molar-refractivity contribution >= 4 is 11.9 Å². The number of hydrogen-bond donors (Lipinski definition) is 1. The van der Waals surface area contributed by atoms with Crippen LogP contribution in [0.5, 0.6) is 0 Å². The summed E-state index contributed by atoms with van der Waals surface area (Å²) >= 11 is 0. The van der Waals surface area contributed by atoms with Crippen molar-refractivity contribution in [1.29, 1.82) is 0 Å². The molecule has 0 unspecified atom stereocenters. The van der Waals surface area contributed by atoms with Crippen LogP contribution in [0, 0.1) is 23.7 Å². The minimum atomic E-state index is -0.875. The van der Waals surface area contributed by atoms with Gasteiger partial charge in [-0.25, -0.2) is 4.79 Å². The Balaban J connectivity index is 1.80. The molecular weight excluding hydrogens is 254 g/mol. The van der Waals surface area contributed by atoms with Gasteiger partial charge in [-0.3, -0.25) is 4.79 Å². The van der Waals surface area contributed by atoms with Crippen LogP contribution in [0.15, 0.2) is 0 Å². The van der Waals surface area contributed by atoms with E-state index in [4.69, 9.17) is 0 Å². The molecule has 4 bridgehead atoms. The molecule has 20 heavy (non-hydrogen) atoms. The van der Waals surface area contributed by atoms with E-state index >= 15 is 0 Å². The Bertz CT molecular complexity index is 440. The number of nitrogens with zero attached hydrogens (tertiary/aromatic N) is 1. The van der Waals surface area contributed by atoms with E-state index in [1.807, 2.05) is 4.90 Å². The van der Waals surface area contributed by atoms with E-state index in [2.05, 4.69) is 0 Å². The topological polar surface area (TPSA) is 57.6 Å². The van der Waals surface area contributed by atoms with Gasteiger partial charge in [0.15, 0.2) is 0 Å². The van der Waals surface area contributed by atoms with Crippen molar-refractivity contribution in [1.82, 2.24) is 4.90 Å². The molecule has 5 aliphatic rings. The molecule has 1 amide bonds. The van der Waals surface area contributed by atoms with Crippen LogP contribution in [0.25, 0.3) is 0 Å². The lowest BCUT2D eigenvalue weighted by molar-refractivity contribution is -0.191. The second-order valence-corrected chi connectivity index (χ2v) is 7.56. The van der Waals surface area contributed by atoms with Crippen LogP contribution in [0.3, 0.4) is 0 Å². The summed E-state index contributed by atoms with van der Waals surface area (Å²) in [5, 5.41) is 10.1. The van der Waals surface area contributed by atoms with Crippen molar-refractivity contribution in [2.45, 2.75) is 63.5 Å². The van der Waals surface area contributed by atoms with Crippen LogP contribution < -0.4 is 0 Å². The van der Waals surface area contributed by atoms with Gasteiger partial charge in [0.2, 0.25) is 5.91 Å². The highest BCUT2D eigenvalue weighted by Gasteiger charge is 2.66. The summed E-state index contributed by atoms with van der Waals surface area (Å²) in [6, 6.07) is 0.195. The molecule has 110 valence electrons. The molecule has 0 heterocycles. The smallest absolute Gasteiger partial charge is 0.330 e. The van der Waals surface area contributed by atoms with Gasteiger partial charge < -0.3 is 10.0 Å². The van der Waals surface area contributed by atoms with E-state index in [1.165, 1.54) is 6.42 Å². The largest absolute Gasteiger partial charge is 0.479 e. The normalized spacial score (nSPS) is 45.5. The molecule has 0 atom stereocenters. The molecule has 4 heteroatoms. The van der Waals surface area contributed by atoms with Gasteiger partial charge in [0.05, 0.1) is 0 Å². The predicted octanol–water partition coefficient (Wildman–Crippen LogP) is 2.28. The zero-order valence-corrected chi connectivity index (χ0v) is 12.0. The molecule has 0 radical (unpaired) electrons.